The molecule has 172 valence electrons. The molecule has 0 saturated carbocycles. The van der Waals surface area contributed by atoms with Gasteiger partial charge in [0.15, 0.2) is 10.9 Å². The quantitative estimate of drug-likeness (QED) is 0.317. The fourth-order valence-electron chi connectivity index (χ4n) is 2.82. The normalized spacial score (nSPS) is 10.5. The van der Waals surface area contributed by atoms with Crippen LogP contribution in [0.15, 0.2) is 69.8 Å². The van der Waals surface area contributed by atoms with Crippen molar-refractivity contribution in [2.75, 3.05) is 17.2 Å². The van der Waals surface area contributed by atoms with Crippen LogP contribution in [0.5, 0.6) is 5.75 Å². The van der Waals surface area contributed by atoms with Gasteiger partial charge in [0.2, 0.25) is 0 Å². The number of hydrogen-bond donors (Lipinski definition) is 3. The van der Waals surface area contributed by atoms with Gasteiger partial charge in [-0.3, -0.25) is 14.9 Å². The molecule has 0 saturated heterocycles. The SMILES string of the molecule is CC(C)CCOc1ccc(Br)cc1C(=O)NC(=S)Nc1cccc(NC(=O)c2ccco2)c1. The maximum atomic E-state index is 12.9. The Kier molecular flexibility index (Phi) is 8.62. The molecule has 1 aromatic heterocycles. The molecule has 3 N–H and O–H groups in total. The first-order valence-electron chi connectivity index (χ1n) is 10.3. The van der Waals surface area contributed by atoms with E-state index in [1.807, 2.05) is 6.07 Å². The van der Waals surface area contributed by atoms with E-state index in [9.17, 15) is 9.59 Å². The largest absolute Gasteiger partial charge is 0.493 e. The van der Waals surface area contributed by atoms with Crippen LogP contribution >= 0.6 is 28.1 Å². The van der Waals surface area contributed by atoms with Crippen molar-refractivity contribution in [3.63, 3.8) is 0 Å². The minimum atomic E-state index is -0.393. The van der Waals surface area contributed by atoms with E-state index in [2.05, 4.69) is 45.7 Å². The topological polar surface area (TPSA) is 92.6 Å². The van der Waals surface area contributed by atoms with E-state index in [1.165, 1.54) is 6.26 Å². The Hall–Kier alpha value is -3.17. The van der Waals surface area contributed by atoms with Crippen molar-refractivity contribution in [1.82, 2.24) is 5.32 Å². The molecule has 0 radical (unpaired) electrons. The molecule has 33 heavy (non-hydrogen) atoms. The highest BCUT2D eigenvalue weighted by molar-refractivity contribution is 9.10. The lowest BCUT2D eigenvalue weighted by Gasteiger charge is -2.14. The summed E-state index contributed by atoms with van der Waals surface area (Å²) in [6, 6.07) is 15.4. The third-order valence-electron chi connectivity index (χ3n) is 4.49. The van der Waals surface area contributed by atoms with Crippen molar-refractivity contribution in [2.24, 2.45) is 5.92 Å². The van der Waals surface area contributed by atoms with Crippen molar-refractivity contribution < 1.29 is 18.7 Å². The van der Waals surface area contributed by atoms with Crippen LogP contribution in [0.25, 0.3) is 0 Å². The van der Waals surface area contributed by atoms with Crippen molar-refractivity contribution in [3.8, 4) is 5.75 Å². The second-order valence-corrected chi connectivity index (χ2v) is 8.92. The molecule has 2 amide bonds. The summed E-state index contributed by atoms with van der Waals surface area (Å²) in [7, 11) is 0. The number of rotatable bonds is 8. The predicted octanol–water partition coefficient (Wildman–Crippen LogP) is 5.85. The number of hydrogen-bond acceptors (Lipinski definition) is 5. The number of anilines is 2. The summed E-state index contributed by atoms with van der Waals surface area (Å²) in [5, 5.41) is 8.48. The summed E-state index contributed by atoms with van der Waals surface area (Å²) >= 11 is 8.70. The van der Waals surface area contributed by atoms with Crippen molar-refractivity contribution in [3.05, 3.63) is 76.7 Å². The molecule has 2 aromatic carbocycles. The summed E-state index contributed by atoms with van der Waals surface area (Å²) in [6.45, 7) is 4.74. The summed E-state index contributed by atoms with van der Waals surface area (Å²) in [4.78, 5) is 25.0. The van der Waals surface area contributed by atoms with Gasteiger partial charge >= 0.3 is 0 Å². The van der Waals surface area contributed by atoms with Crippen LogP contribution in [0.1, 0.15) is 41.2 Å². The average molecular weight is 530 g/mol. The maximum Gasteiger partial charge on any atom is 0.291 e. The summed E-state index contributed by atoms with van der Waals surface area (Å²) in [5.74, 6) is 0.427. The van der Waals surface area contributed by atoms with Gasteiger partial charge in [-0.05, 0) is 73.1 Å². The van der Waals surface area contributed by atoms with E-state index < -0.39 is 5.91 Å². The van der Waals surface area contributed by atoms with Crippen LogP contribution < -0.4 is 20.7 Å². The van der Waals surface area contributed by atoms with Crippen LogP contribution in [-0.4, -0.2) is 23.5 Å². The van der Waals surface area contributed by atoms with Gasteiger partial charge in [-0.2, -0.15) is 0 Å². The van der Waals surface area contributed by atoms with E-state index >= 15 is 0 Å². The first-order chi connectivity index (χ1) is 15.8. The number of amides is 2. The van der Waals surface area contributed by atoms with Gasteiger partial charge < -0.3 is 19.8 Å². The second-order valence-electron chi connectivity index (χ2n) is 7.59. The minimum absolute atomic E-state index is 0.114. The zero-order valence-corrected chi connectivity index (χ0v) is 20.6. The van der Waals surface area contributed by atoms with Gasteiger partial charge in [-0.15, -0.1) is 0 Å². The van der Waals surface area contributed by atoms with Gasteiger partial charge in [-0.1, -0.05) is 35.8 Å². The number of halogens is 1. The third-order valence-corrected chi connectivity index (χ3v) is 5.19. The molecule has 0 aliphatic carbocycles. The smallest absolute Gasteiger partial charge is 0.291 e. The molecule has 0 fully saturated rings. The predicted molar refractivity (Wildman–Crippen MR) is 136 cm³/mol. The van der Waals surface area contributed by atoms with E-state index in [1.54, 1.807) is 48.5 Å². The Labute approximate surface area is 206 Å². The number of nitrogens with one attached hydrogen (secondary N) is 3. The zero-order chi connectivity index (χ0) is 23.8. The average Bonchev–Trinajstić information content (AvgIpc) is 3.30. The highest BCUT2D eigenvalue weighted by Gasteiger charge is 2.15. The Balaban J connectivity index is 1.62. The summed E-state index contributed by atoms with van der Waals surface area (Å²) in [5.41, 5.74) is 1.51. The molecule has 1 heterocycles. The van der Waals surface area contributed by atoms with Crippen LogP contribution in [0.3, 0.4) is 0 Å². The Morgan fingerprint density at radius 1 is 1.03 bits per heavy atom. The molecular weight excluding hydrogens is 506 g/mol. The Morgan fingerprint density at radius 2 is 1.79 bits per heavy atom. The van der Waals surface area contributed by atoms with Gasteiger partial charge in [0.25, 0.3) is 11.8 Å². The van der Waals surface area contributed by atoms with E-state index in [-0.39, 0.29) is 16.8 Å². The van der Waals surface area contributed by atoms with E-state index in [4.69, 9.17) is 21.4 Å². The lowest BCUT2D eigenvalue weighted by Crippen LogP contribution is -2.34. The molecule has 0 unspecified atom stereocenters. The van der Waals surface area contributed by atoms with Crippen molar-refractivity contribution >= 4 is 56.4 Å². The van der Waals surface area contributed by atoms with Crippen LogP contribution in [-0.2, 0) is 0 Å². The number of carbonyl (C=O) groups is 2. The lowest BCUT2D eigenvalue weighted by molar-refractivity contribution is 0.0971. The molecule has 7 nitrogen and oxygen atoms in total. The van der Waals surface area contributed by atoms with Crippen LogP contribution in [0.2, 0.25) is 0 Å². The van der Waals surface area contributed by atoms with Crippen molar-refractivity contribution in [2.45, 2.75) is 20.3 Å². The lowest BCUT2D eigenvalue weighted by atomic mass is 10.1. The highest BCUT2D eigenvalue weighted by atomic mass is 79.9. The van der Waals surface area contributed by atoms with Crippen LogP contribution in [0, 0.1) is 5.92 Å². The Bertz CT molecular complexity index is 1130. The number of benzene rings is 2. The number of furan rings is 1. The summed E-state index contributed by atoms with van der Waals surface area (Å²) in [6.07, 6.45) is 2.31. The molecule has 0 bridgehead atoms. The third kappa shape index (κ3) is 7.44. The van der Waals surface area contributed by atoms with Gasteiger partial charge in [0.05, 0.1) is 18.4 Å². The number of ether oxygens (including phenoxy) is 1. The molecule has 3 rings (SSSR count). The van der Waals surface area contributed by atoms with Gasteiger partial charge in [-0.25, -0.2) is 0 Å². The van der Waals surface area contributed by atoms with Crippen molar-refractivity contribution in [1.29, 1.82) is 0 Å². The first kappa shape index (κ1) is 24.5. The van der Waals surface area contributed by atoms with Gasteiger partial charge in [0.1, 0.15) is 5.75 Å². The molecule has 0 spiro atoms. The molecular formula is C24H24BrN3O4S. The van der Waals surface area contributed by atoms with Gasteiger partial charge in [0, 0.05) is 15.8 Å². The zero-order valence-electron chi connectivity index (χ0n) is 18.2. The number of thiocarbonyl (C=S) groups is 1. The molecule has 3 aromatic rings. The first-order valence-corrected chi connectivity index (χ1v) is 11.5. The standard InChI is InChI=1S/C24H24BrN3O4S/c1-15(2)10-12-32-20-9-8-16(25)13-19(20)22(29)28-24(33)27-18-6-3-5-17(14-18)26-23(30)21-7-4-11-31-21/h3-9,11,13-15H,10,12H2,1-2H3,(H,26,30)(H2,27,28,29,33). The number of carbonyl (C=O) groups excluding carboxylic acids is 2. The van der Waals surface area contributed by atoms with Crippen LogP contribution in [0.4, 0.5) is 11.4 Å². The van der Waals surface area contributed by atoms with E-state index in [0.717, 1.165) is 10.9 Å². The minimum Gasteiger partial charge on any atom is -0.493 e. The molecule has 9 heteroatoms. The maximum absolute atomic E-state index is 12.9. The monoisotopic (exact) mass is 529 g/mol. The molecule has 0 aliphatic rings. The molecule has 0 atom stereocenters. The fraction of sp³-hybridized carbons (Fsp3) is 0.208. The summed E-state index contributed by atoms with van der Waals surface area (Å²) < 4.78 is 11.7. The second kappa shape index (κ2) is 11.6. The van der Waals surface area contributed by atoms with E-state index in [0.29, 0.717) is 35.2 Å². The molecule has 0 aliphatic heterocycles. The fourth-order valence-corrected chi connectivity index (χ4v) is 3.39. The Morgan fingerprint density at radius 3 is 2.48 bits per heavy atom. The highest BCUT2D eigenvalue weighted by Crippen LogP contribution is 2.24.